The second kappa shape index (κ2) is 72.9. The maximum atomic E-state index is 13.1. The van der Waals surface area contributed by atoms with E-state index in [-0.39, 0.29) is 25.7 Å². The summed E-state index contributed by atoms with van der Waals surface area (Å²) in [6.07, 6.45) is 61.0. The van der Waals surface area contributed by atoms with Crippen LogP contribution in [0.4, 0.5) is 0 Å². The molecule has 612 valence electrons. The Kier molecular flexibility index (Phi) is 71.5. The molecule has 0 aromatic heterocycles. The zero-order valence-electron chi connectivity index (χ0n) is 68.0. The Morgan fingerprint density at radius 1 is 0.272 bits per heavy atom. The summed E-state index contributed by atoms with van der Waals surface area (Å²) >= 11 is 0. The monoisotopic (exact) mass is 1510 g/mol. The van der Waals surface area contributed by atoms with E-state index >= 15 is 0 Å². The van der Waals surface area contributed by atoms with Crippen molar-refractivity contribution in [2.45, 2.75) is 453 Å². The molecule has 103 heavy (non-hydrogen) atoms. The molecule has 5 unspecified atom stereocenters. The van der Waals surface area contributed by atoms with Gasteiger partial charge in [-0.15, -0.1) is 0 Å². The van der Waals surface area contributed by atoms with E-state index in [1.165, 1.54) is 238 Å². The zero-order chi connectivity index (χ0) is 76.0. The minimum Gasteiger partial charge on any atom is -0.462 e. The summed E-state index contributed by atoms with van der Waals surface area (Å²) in [5.41, 5.74) is 0. The van der Waals surface area contributed by atoms with E-state index in [1.807, 2.05) is 0 Å². The molecule has 17 nitrogen and oxygen atoms in total. The summed E-state index contributed by atoms with van der Waals surface area (Å²) in [6, 6.07) is 0. The number of aliphatic hydroxyl groups is 1. The molecule has 0 saturated heterocycles. The molecule has 19 heteroatoms. The van der Waals surface area contributed by atoms with Gasteiger partial charge in [0.25, 0.3) is 0 Å². The van der Waals surface area contributed by atoms with Crippen molar-refractivity contribution < 1.29 is 80.2 Å². The van der Waals surface area contributed by atoms with Crippen LogP contribution in [-0.4, -0.2) is 96.7 Å². The molecular formula is C84H164O17P2. The minimum atomic E-state index is -4.97. The van der Waals surface area contributed by atoms with Crippen molar-refractivity contribution in [1.82, 2.24) is 0 Å². The standard InChI is InChI=1S/C84H164O17P2/c1-9-75(6)61-53-45-37-29-25-21-16-14-12-13-15-17-23-27-31-42-50-58-66-83(88)100-79(70-94-81(86)64-56-48-40-30-26-22-19-18-20-24-28-36-44-52-60-74(4)5)72-98-102(90,91)96-68-78(85)69-97-103(92,93)99-73-80(101-84(89)67-59-51-43-35-33-39-47-55-63-77(8)11-3)71-95-82(87)65-57-49-41-34-32-38-46-54-62-76(7)10-2/h74-80,85H,9-73H2,1-8H3,(H,90,91)(H,92,93)/t75?,76?,77?,78-,79-,80-/m1/s1. The topological polar surface area (TPSA) is 237 Å². The Hall–Kier alpha value is -1.94. The van der Waals surface area contributed by atoms with Crippen LogP contribution in [0.15, 0.2) is 0 Å². The van der Waals surface area contributed by atoms with Crippen LogP contribution in [0.3, 0.4) is 0 Å². The van der Waals surface area contributed by atoms with Crippen molar-refractivity contribution in [3.05, 3.63) is 0 Å². The highest BCUT2D eigenvalue weighted by molar-refractivity contribution is 7.47. The SMILES string of the molecule is CCC(C)CCCCCCCCCCCCCCCCCCCCC(=O)O[C@H](COC(=O)CCCCCCCCCCCCCCCCC(C)C)COP(=O)(O)OC[C@@H](O)COP(=O)(O)OC[C@@H](COC(=O)CCCCCCCCCCC(C)CC)OC(=O)CCCCCCCCCCC(C)CC. The average molecular weight is 1510 g/mol. The number of esters is 4. The highest BCUT2D eigenvalue weighted by atomic mass is 31.2. The van der Waals surface area contributed by atoms with Crippen LogP contribution in [0.25, 0.3) is 0 Å². The lowest BCUT2D eigenvalue weighted by molar-refractivity contribution is -0.161. The molecule has 0 bridgehead atoms. The van der Waals surface area contributed by atoms with Gasteiger partial charge in [-0.3, -0.25) is 37.3 Å². The van der Waals surface area contributed by atoms with Crippen LogP contribution in [-0.2, 0) is 65.4 Å². The van der Waals surface area contributed by atoms with Gasteiger partial charge in [0.15, 0.2) is 12.2 Å². The first-order valence-corrected chi connectivity index (χ1v) is 46.3. The molecule has 0 spiro atoms. The number of carbonyl (C=O) groups excluding carboxylic acids is 4. The van der Waals surface area contributed by atoms with E-state index in [0.29, 0.717) is 25.7 Å². The summed E-state index contributed by atoms with van der Waals surface area (Å²) in [7, 11) is -9.93. The van der Waals surface area contributed by atoms with E-state index < -0.39 is 97.5 Å². The molecule has 0 rings (SSSR count). The Bertz CT molecular complexity index is 2010. The zero-order valence-corrected chi connectivity index (χ0v) is 69.7. The number of phosphoric ester groups is 2. The predicted octanol–water partition coefficient (Wildman–Crippen LogP) is 25.2. The van der Waals surface area contributed by atoms with E-state index in [9.17, 15) is 43.2 Å². The first-order chi connectivity index (χ1) is 49.7. The van der Waals surface area contributed by atoms with Gasteiger partial charge in [-0.1, -0.05) is 383 Å². The number of unbranched alkanes of at least 4 members (excludes halogenated alkanes) is 44. The number of rotatable bonds is 81. The first kappa shape index (κ1) is 101. The molecule has 0 aliphatic heterocycles. The molecule has 0 heterocycles. The van der Waals surface area contributed by atoms with Gasteiger partial charge in [0, 0.05) is 25.7 Å². The molecule has 0 amide bonds. The van der Waals surface area contributed by atoms with Crippen molar-refractivity contribution in [2.75, 3.05) is 39.6 Å². The fraction of sp³-hybridized carbons (Fsp3) is 0.952. The third-order valence-corrected chi connectivity index (χ3v) is 22.6. The van der Waals surface area contributed by atoms with Crippen LogP contribution < -0.4 is 0 Å². The fourth-order valence-corrected chi connectivity index (χ4v) is 14.4. The van der Waals surface area contributed by atoms with Gasteiger partial charge in [-0.05, 0) is 49.4 Å². The van der Waals surface area contributed by atoms with Gasteiger partial charge < -0.3 is 33.8 Å². The van der Waals surface area contributed by atoms with Gasteiger partial charge in [0.1, 0.15) is 19.3 Å². The van der Waals surface area contributed by atoms with Crippen LogP contribution in [0.5, 0.6) is 0 Å². The van der Waals surface area contributed by atoms with Crippen LogP contribution in [0.1, 0.15) is 434 Å². The summed E-state index contributed by atoms with van der Waals surface area (Å²) in [6.45, 7) is 14.4. The Labute approximate surface area is 632 Å². The van der Waals surface area contributed by atoms with Gasteiger partial charge in [0.2, 0.25) is 0 Å². The molecule has 0 aromatic carbocycles. The Morgan fingerprint density at radius 3 is 0.689 bits per heavy atom. The number of carbonyl (C=O) groups is 4. The predicted molar refractivity (Wildman–Crippen MR) is 423 cm³/mol. The molecule has 0 saturated carbocycles. The highest BCUT2D eigenvalue weighted by Gasteiger charge is 2.30. The van der Waals surface area contributed by atoms with Crippen molar-refractivity contribution in [3.8, 4) is 0 Å². The first-order valence-electron chi connectivity index (χ1n) is 43.3. The average Bonchev–Trinajstić information content (AvgIpc) is 0.909. The third kappa shape index (κ3) is 74.0. The lowest BCUT2D eigenvalue weighted by atomic mass is 9.99. The molecule has 8 atom stereocenters. The molecular weight excluding hydrogens is 1340 g/mol. The van der Waals surface area contributed by atoms with Gasteiger partial charge >= 0.3 is 39.5 Å². The van der Waals surface area contributed by atoms with E-state index in [2.05, 4.69) is 55.4 Å². The summed E-state index contributed by atoms with van der Waals surface area (Å²) in [5.74, 6) is 1.11. The van der Waals surface area contributed by atoms with Crippen molar-refractivity contribution >= 4 is 39.5 Å². The van der Waals surface area contributed by atoms with Gasteiger partial charge in [-0.2, -0.15) is 0 Å². The number of aliphatic hydroxyl groups excluding tert-OH is 1. The van der Waals surface area contributed by atoms with E-state index in [1.54, 1.807) is 0 Å². The minimum absolute atomic E-state index is 0.104. The van der Waals surface area contributed by atoms with Crippen molar-refractivity contribution in [2.24, 2.45) is 23.7 Å². The Balaban J connectivity index is 5.24. The van der Waals surface area contributed by atoms with Crippen molar-refractivity contribution in [1.29, 1.82) is 0 Å². The van der Waals surface area contributed by atoms with E-state index in [4.69, 9.17) is 37.0 Å². The highest BCUT2D eigenvalue weighted by Crippen LogP contribution is 2.45. The second-order valence-electron chi connectivity index (χ2n) is 31.4. The van der Waals surface area contributed by atoms with Crippen LogP contribution in [0, 0.1) is 23.7 Å². The summed E-state index contributed by atoms with van der Waals surface area (Å²) in [4.78, 5) is 73.1. The van der Waals surface area contributed by atoms with Gasteiger partial charge in [-0.25, -0.2) is 9.13 Å². The fourth-order valence-electron chi connectivity index (χ4n) is 12.9. The molecule has 3 N–H and O–H groups in total. The molecule has 0 radical (unpaired) electrons. The quantitative estimate of drug-likeness (QED) is 0.0222. The van der Waals surface area contributed by atoms with Gasteiger partial charge in [0.05, 0.1) is 26.4 Å². The maximum Gasteiger partial charge on any atom is 0.472 e. The number of hydrogen-bond donors (Lipinski definition) is 3. The van der Waals surface area contributed by atoms with Crippen LogP contribution in [0.2, 0.25) is 0 Å². The molecule has 0 fully saturated rings. The smallest absolute Gasteiger partial charge is 0.462 e. The third-order valence-electron chi connectivity index (χ3n) is 20.7. The van der Waals surface area contributed by atoms with E-state index in [0.717, 1.165) is 114 Å². The molecule has 0 aromatic rings. The Morgan fingerprint density at radius 2 is 0.466 bits per heavy atom. The maximum absolute atomic E-state index is 13.1. The molecule has 0 aliphatic rings. The lowest BCUT2D eigenvalue weighted by Crippen LogP contribution is -2.30. The number of phosphoric acid groups is 2. The number of ether oxygens (including phenoxy) is 4. The largest absolute Gasteiger partial charge is 0.472 e. The summed E-state index contributed by atoms with van der Waals surface area (Å²) < 4.78 is 68.8. The molecule has 0 aliphatic carbocycles. The lowest BCUT2D eigenvalue weighted by Gasteiger charge is -2.21. The second-order valence-corrected chi connectivity index (χ2v) is 34.3. The number of hydrogen-bond acceptors (Lipinski definition) is 15. The normalized spacial score (nSPS) is 14.8. The van der Waals surface area contributed by atoms with Crippen molar-refractivity contribution in [3.63, 3.8) is 0 Å². The van der Waals surface area contributed by atoms with Crippen LogP contribution >= 0.6 is 15.6 Å². The summed E-state index contributed by atoms with van der Waals surface area (Å²) in [5, 5.41) is 10.7.